The highest BCUT2D eigenvalue weighted by molar-refractivity contribution is 6.72. The first-order valence-corrected chi connectivity index (χ1v) is 18.2. The number of carbonyl (C=O) groups excluding carboxylic acids is 2. The van der Waals surface area contributed by atoms with E-state index in [0.29, 0.717) is 41.3 Å². The molecule has 45 heavy (non-hydrogen) atoms. The fourth-order valence-corrected chi connectivity index (χ4v) is 9.86. The Balaban J connectivity index is 1.31. The van der Waals surface area contributed by atoms with Crippen LogP contribution in [0.2, 0.25) is 18.6 Å². The number of carbonyl (C=O) groups is 2. The lowest BCUT2D eigenvalue weighted by Gasteiger charge is -2.31. The molecule has 1 N–H and O–H groups in total. The number of likely N-dealkylation sites (N-methyl/N-ethyl adjacent to an activating group) is 1. The van der Waals surface area contributed by atoms with Crippen molar-refractivity contribution >= 4 is 37.8 Å². The summed E-state index contributed by atoms with van der Waals surface area (Å²) in [4.78, 5) is 29.5. The highest BCUT2D eigenvalue weighted by atomic mass is 28.4. The van der Waals surface area contributed by atoms with Crippen molar-refractivity contribution in [3.05, 3.63) is 102 Å². The summed E-state index contributed by atoms with van der Waals surface area (Å²) in [7, 11) is -1.64. The SMILES string of the molecule is C[C@@H]1[C@@H]([Si](C)(C)F)[C@H](CCn2cc(C(CO)c3ccccc3)nn2)O[C@@]12C(=O)N(C)c1ccc(N(C=O)c3ccccc3)cc12. The molecule has 234 valence electrons. The molecule has 5 atom stereocenters. The van der Waals surface area contributed by atoms with Crippen molar-refractivity contribution in [1.82, 2.24) is 15.0 Å². The predicted octanol–water partition coefficient (Wildman–Crippen LogP) is 5.54. The van der Waals surface area contributed by atoms with Crippen molar-refractivity contribution in [1.29, 1.82) is 0 Å². The van der Waals surface area contributed by atoms with E-state index in [9.17, 15) is 14.7 Å². The Morgan fingerprint density at radius 2 is 1.78 bits per heavy atom. The average molecular weight is 628 g/mol. The van der Waals surface area contributed by atoms with Crippen molar-refractivity contribution in [3.63, 3.8) is 0 Å². The number of hydrogen-bond acceptors (Lipinski definition) is 6. The van der Waals surface area contributed by atoms with Gasteiger partial charge >= 0.3 is 0 Å². The van der Waals surface area contributed by atoms with E-state index in [4.69, 9.17) is 4.74 Å². The molecule has 0 aliphatic carbocycles. The van der Waals surface area contributed by atoms with Gasteiger partial charge in [0.25, 0.3) is 5.91 Å². The van der Waals surface area contributed by atoms with Gasteiger partial charge in [-0.05, 0) is 55.4 Å². The number of benzene rings is 3. The van der Waals surface area contributed by atoms with Crippen LogP contribution in [-0.4, -0.2) is 60.6 Å². The lowest BCUT2D eigenvalue weighted by Crippen LogP contribution is -2.44. The van der Waals surface area contributed by atoms with Crippen LogP contribution in [0.25, 0.3) is 0 Å². The summed E-state index contributed by atoms with van der Waals surface area (Å²) in [5, 5.41) is 18.7. The van der Waals surface area contributed by atoms with Gasteiger partial charge in [0.15, 0.2) is 5.60 Å². The van der Waals surface area contributed by atoms with Gasteiger partial charge in [-0.1, -0.05) is 60.7 Å². The summed E-state index contributed by atoms with van der Waals surface area (Å²) in [6.45, 7) is 5.55. The van der Waals surface area contributed by atoms with E-state index in [1.807, 2.05) is 92.0 Å². The summed E-state index contributed by atoms with van der Waals surface area (Å²) < 4.78 is 24.7. The van der Waals surface area contributed by atoms with E-state index in [2.05, 4.69) is 10.3 Å². The number of aryl methyl sites for hydroxylation is 1. The van der Waals surface area contributed by atoms with Crippen LogP contribution < -0.4 is 9.80 Å². The maximum atomic E-state index is 16.2. The molecule has 2 aliphatic heterocycles. The zero-order valence-electron chi connectivity index (χ0n) is 25.9. The highest BCUT2D eigenvalue weighted by Crippen LogP contribution is 2.60. The van der Waals surface area contributed by atoms with Gasteiger partial charge in [-0.25, -0.2) is 0 Å². The Kier molecular flexibility index (Phi) is 8.19. The molecule has 4 aromatic rings. The number of aliphatic hydroxyl groups excluding tert-OH is 1. The van der Waals surface area contributed by atoms with Crippen LogP contribution in [0.4, 0.5) is 21.2 Å². The molecule has 3 heterocycles. The minimum atomic E-state index is -3.35. The molecule has 1 unspecified atom stereocenters. The summed E-state index contributed by atoms with van der Waals surface area (Å²) in [6, 6.07) is 24.4. The minimum absolute atomic E-state index is 0.110. The molecule has 2 aliphatic rings. The Morgan fingerprint density at radius 3 is 2.42 bits per heavy atom. The Morgan fingerprint density at radius 1 is 1.09 bits per heavy atom. The minimum Gasteiger partial charge on any atom is -0.395 e. The van der Waals surface area contributed by atoms with E-state index in [1.165, 1.54) is 4.90 Å². The van der Waals surface area contributed by atoms with Gasteiger partial charge < -0.3 is 18.9 Å². The number of nitrogens with zero attached hydrogens (tertiary/aromatic N) is 5. The first-order chi connectivity index (χ1) is 21.6. The third-order valence-corrected chi connectivity index (χ3v) is 11.9. The van der Waals surface area contributed by atoms with Crippen LogP contribution in [0.1, 0.15) is 36.1 Å². The highest BCUT2D eigenvalue weighted by Gasteiger charge is 2.66. The molecule has 0 saturated carbocycles. The van der Waals surface area contributed by atoms with E-state index in [1.54, 1.807) is 29.7 Å². The molecular weight excluding hydrogens is 589 g/mol. The molecular formula is C34H38FN5O4Si. The first-order valence-electron chi connectivity index (χ1n) is 15.2. The smallest absolute Gasteiger partial charge is 0.264 e. The van der Waals surface area contributed by atoms with Crippen LogP contribution in [0.15, 0.2) is 85.1 Å². The summed E-state index contributed by atoms with van der Waals surface area (Å²) >= 11 is 0. The van der Waals surface area contributed by atoms with Crippen molar-refractivity contribution in [2.24, 2.45) is 5.92 Å². The number of fused-ring (bicyclic) bond motifs is 2. The van der Waals surface area contributed by atoms with Crippen LogP contribution >= 0.6 is 0 Å². The Labute approximate surface area is 263 Å². The van der Waals surface area contributed by atoms with Crippen molar-refractivity contribution in [2.45, 2.75) is 56.1 Å². The molecule has 1 spiro atoms. The van der Waals surface area contributed by atoms with Crippen LogP contribution in [-0.2, 0) is 26.5 Å². The monoisotopic (exact) mass is 627 g/mol. The van der Waals surface area contributed by atoms with E-state index in [-0.39, 0.29) is 18.4 Å². The van der Waals surface area contributed by atoms with E-state index < -0.39 is 31.6 Å². The van der Waals surface area contributed by atoms with Gasteiger partial charge in [0.05, 0.1) is 30.0 Å². The molecule has 1 saturated heterocycles. The Hall–Kier alpha value is -4.19. The molecule has 1 aromatic heterocycles. The average Bonchev–Trinajstić information content (AvgIpc) is 3.68. The quantitative estimate of drug-likeness (QED) is 0.141. The maximum absolute atomic E-state index is 16.2. The van der Waals surface area contributed by atoms with Crippen LogP contribution in [0.5, 0.6) is 0 Å². The van der Waals surface area contributed by atoms with Gasteiger partial charge in [-0.3, -0.25) is 19.2 Å². The fourth-order valence-electron chi connectivity index (χ4n) is 7.32. The van der Waals surface area contributed by atoms with Crippen molar-refractivity contribution in [3.8, 4) is 0 Å². The molecule has 2 amide bonds. The topological polar surface area (TPSA) is 101 Å². The van der Waals surface area contributed by atoms with E-state index >= 15 is 4.11 Å². The second-order valence-corrected chi connectivity index (χ2v) is 16.3. The van der Waals surface area contributed by atoms with Gasteiger partial charge in [0.1, 0.15) is 0 Å². The third kappa shape index (κ3) is 5.28. The second kappa shape index (κ2) is 12.0. The number of aliphatic hydroxyl groups is 1. The zero-order chi connectivity index (χ0) is 31.9. The molecule has 9 nitrogen and oxygen atoms in total. The lowest BCUT2D eigenvalue weighted by molar-refractivity contribution is -0.145. The second-order valence-electron chi connectivity index (χ2n) is 12.5. The first kappa shape index (κ1) is 30.8. The number of ether oxygens (including phenoxy) is 1. The lowest BCUT2D eigenvalue weighted by atomic mass is 9.82. The largest absolute Gasteiger partial charge is 0.395 e. The van der Waals surface area contributed by atoms with Crippen LogP contribution in [0.3, 0.4) is 0 Å². The number of anilines is 3. The molecule has 6 rings (SSSR count). The molecule has 11 heteroatoms. The number of halogens is 1. The third-order valence-electron chi connectivity index (χ3n) is 9.43. The normalized spacial score (nSPS) is 23.4. The fraction of sp³-hybridized carbons (Fsp3) is 0.353. The summed E-state index contributed by atoms with van der Waals surface area (Å²) in [6.07, 6.45) is 2.43. The van der Waals surface area contributed by atoms with Gasteiger partial charge in [0.2, 0.25) is 14.8 Å². The zero-order valence-corrected chi connectivity index (χ0v) is 26.9. The summed E-state index contributed by atoms with van der Waals surface area (Å²) in [5.41, 5.74) is 2.33. The van der Waals surface area contributed by atoms with Crippen molar-refractivity contribution in [2.75, 3.05) is 23.5 Å². The van der Waals surface area contributed by atoms with Gasteiger partial charge in [0, 0.05) is 48.2 Å². The number of rotatable bonds is 10. The molecule has 0 radical (unpaired) electrons. The number of amides is 2. The number of aromatic nitrogens is 3. The standard InChI is InChI=1S/C34H38FN5O4Si/c1-23-32(45(3,4)35)31(17-18-39-20-29(36-37-39)27(21-41)24-11-7-5-8-12-24)44-34(23)28-19-26(15-16-30(28)38(2)33(34)43)40(22-42)25-13-9-6-10-14-25/h5-16,19-20,22-23,27,31-32,41H,17-18,21H2,1-4H3/t23-,27?,31+,32-,34+/m1/s1. The molecule has 3 aromatic carbocycles. The Bertz CT molecular complexity index is 1680. The number of para-hydroxylation sites is 1. The number of hydrogen-bond donors (Lipinski definition) is 1. The predicted molar refractivity (Wildman–Crippen MR) is 173 cm³/mol. The van der Waals surface area contributed by atoms with Gasteiger partial charge in [-0.2, -0.15) is 0 Å². The maximum Gasteiger partial charge on any atom is 0.264 e. The summed E-state index contributed by atoms with van der Waals surface area (Å²) in [5.74, 6) is -0.998. The molecule has 1 fully saturated rings. The molecule has 0 bridgehead atoms. The van der Waals surface area contributed by atoms with Crippen molar-refractivity contribution < 1.29 is 23.5 Å². The van der Waals surface area contributed by atoms with E-state index in [0.717, 1.165) is 12.0 Å². The van der Waals surface area contributed by atoms with Gasteiger partial charge in [-0.15, -0.1) is 5.10 Å². The van der Waals surface area contributed by atoms with Crippen LogP contribution in [0, 0.1) is 5.92 Å².